The summed E-state index contributed by atoms with van der Waals surface area (Å²) in [5.41, 5.74) is 9.36. The normalized spacial score (nSPS) is 30.6. The van der Waals surface area contributed by atoms with E-state index in [1.807, 2.05) is 17.0 Å². The number of amides is 1. The molecule has 1 fully saturated rings. The molecule has 0 radical (unpaired) electrons. The van der Waals surface area contributed by atoms with Gasteiger partial charge < -0.3 is 10.6 Å². The molecule has 2 N–H and O–H groups in total. The van der Waals surface area contributed by atoms with Crippen LogP contribution in [0.5, 0.6) is 0 Å². The Morgan fingerprint density at radius 3 is 2.90 bits per heavy atom. The number of carbonyl (C=O) groups excluding carboxylic acids is 1. The van der Waals surface area contributed by atoms with Gasteiger partial charge in [-0.15, -0.1) is 0 Å². The van der Waals surface area contributed by atoms with Crippen LogP contribution in [-0.2, 0) is 17.8 Å². The van der Waals surface area contributed by atoms with Crippen molar-refractivity contribution in [3.63, 3.8) is 0 Å². The van der Waals surface area contributed by atoms with Crippen molar-refractivity contribution in [2.75, 3.05) is 12.3 Å². The van der Waals surface area contributed by atoms with Crippen molar-refractivity contribution in [1.29, 1.82) is 0 Å². The number of benzene rings is 1. The average Bonchev–Trinajstić information content (AvgIpc) is 3.09. The molecule has 20 heavy (non-hydrogen) atoms. The van der Waals surface area contributed by atoms with Gasteiger partial charge in [-0.25, -0.2) is 0 Å². The highest BCUT2D eigenvalue weighted by molar-refractivity contribution is 5.80. The minimum absolute atomic E-state index is 0.229. The Bertz CT molecular complexity index is 593. The molecule has 0 aromatic heterocycles. The summed E-state index contributed by atoms with van der Waals surface area (Å²) in [6.07, 6.45) is 7.69. The van der Waals surface area contributed by atoms with Gasteiger partial charge in [0.2, 0.25) is 5.91 Å². The topological polar surface area (TPSA) is 46.3 Å². The number of nitrogens with zero attached hydrogens (tertiary/aromatic N) is 1. The van der Waals surface area contributed by atoms with Gasteiger partial charge in [-0.3, -0.25) is 4.79 Å². The van der Waals surface area contributed by atoms with Crippen LogP contribution in [0.15, 0.2) is 30.4 Å². The molecule has 0 saturated heterocycles. The second-order valence-corrected chi connectivity index (χ2v) is 6.38. The lowest BCUT2D eigenvalue weighted by molar-refractivity contribution is -0.137. The molecule has 3 nitrogen and oxygen atoms in total. The van der Waals surface area contributed by atoms with Crippen LogP contribution in [0.2, 0.25) is 0 Å². The first kappa shape index (κ1) is 12.0. The Hall–Kier alpha value is -1.77. The first-order valence-electron chi connectivity index (χ1n) is 7.55. The molecule has 4 rings (SSSR count). The molecular formula is C17H20N2O. The van der Waals surface area contributed by atoms with Crippen LogP contribution >= 0.6 is 0 Å². The maximum atomic E-state index is 12.7. The van der Waals surface area contributed by atoms with Crippen molar-refractivity contribution < 1.29 is 4.79 Å². The van der Waals surface area contributed by atoms with Crippen LogP contribution in [0.3, 0.4) is 0 Å². The Morgan fingerprint density at radius 2 is 2.15 bits per heavy atom. The molecule has 3 heteroatoms. The highest BCUT2D eigenvalue weighted by Gasteiger charge is 2.41. The van der Waals surface area contributed by atoms with E-state index < -0.39 is 0 Å². The van der Waals surface area contributed by atoms with E-state index in [2.05, 4.69) is 18.2 Å². The van der Waals surface area contributed by atoms with E-state index in [-0.39, 0.29) is 5.92 Å². The molecular weight excluding hydrogens is 248 g/mol. The highest BCUT2D eigenvalue weighted by Crippen LogP contribution is 2.44. The second kappa shape index (κ2) is 4.37. The molecule has 1 aromatic carbocycles. The van der Waals surface area contributed by atoms with Crippen molar-refractivity contribution in [2.45, 2.75) is 25.8 Å². The summed E-state index contributed by atoms with van der Waals surface area (Å²) in [6.45, 7) is 1.55. The summed E-state index contributed by atoms with van der Waals surface area (Å²) < 4.78 is 0. The molecule has 2 bridgehead atoms. The number of nitrogen functional groups attached to an aromatic ring is 1. The van der Waals surface area contributed by atoms with Gasteiger partial charge in [-0.1, -0.05) is 24.3 Å². The maximum absolute atomic E-state index is 12.7. The fraction of sp³-hybridized carbons (Fsp3) is 0.471. The zero-order chi connectivity index (χ0) is 13.7. The lowest BCUT2D eigenvalue weighted by atomic mass is 9.90. The van der Waals surface area contributed by atoms with E-state index >= 15 is 0 Å². The van der Waals surface area contributed by atoms with Crippen LogP contribution in [-0.4, -0.2) is 17.4 Å². The number of anilines is 1. The fourth-order valence-corrected chi connectivity index (χ4v) is 4.13. The van der Waals surface area contributed by atoms with Crippen LogP contribution in [0, 0.1) is 17.8 Å². The van der Waals surface area contributed by atoms with Crippen LogP contribution in [0.4, 0.5) is 5.69 Å². The third-order valence-electron chi connectivity index (χ3n) is 5.21. The maximum Gasteiger partial charge on any atom is 0.226 e. The van der Waals surface area contributed by atoms with Crippen molar-refractivity contribution >= 4 is 11.6 Å². The lowest BCUT2D eigenvalue weighted by Crippen LogP contribution is -2.41. The molecule has 1 aliphatic heterocycles. The Balaban J connectivity index is 1.54. The zero-order valence-electron chi connectivity index (χ0n) is 11.6. The smallest absolute Gasteiger partial charge is 0.226 e. The van der Waals surface area contributed by atoms with Crippen molar-refractivity contribution in [3.8, 4) is 0 Å². The molecule has 3 aliphatic rings. The standard InChI is InChI=1S/C17H20N2O/c18-16-3-1-2-13-10-19(7-6-14(13)16)17(20)15-9-11-4-5-12(15)8-11/h1-5,11-12,15H,6-10,18H2. The molecule has 1 aromatic rings. The van der Waals surface area contributed by atoms with Gasteiger partial charge in [-0.05, 0) is 48.3 Å². The third kappa shape index (κ3) is 1.76. The predicted octanol–water partition coefficient (Wildman–Crippen LogP) is 2.37. The van der Waals surface area contributed by atoms with Gasteiger partial charge >= 0.3 is 0 Å². The van der Waals surface area contributed by atoms with Crippen molar-refractivity contribution in [3.05, 3.63) is 41.5 Å². The van der Waals surface area contributed by atoms with Crippen LogP contribution in [0.25, 0.3) is 0 Å². The second-order valence-electron chi connectivity index (χ2n) is 6.38. The zero-order valence-corrected chi connectivity index (χ0v) is 11.6. The summed E-state index contributed by atoms with van der Waals surface area (Å²) in [7, 11) is 0. The quantitative estimate of drug-likeness (QED) is 0.628. The molecule has 1 amide bonds. The number of carbonyl (C=O) groups is 1. The van der Waals surface area contributed by atoms with Gasteiger partial charge in [-0.2, -0.15) is 0 Å². The fourth-order valence-electron chi connectivity index (χ4n) is 4.13. The van der Waals surface area contributed by atoms with Gasteiger partial charge in [0.15, 0.2) is 0 Å². The van der Waals surface area contributed by atoms with Crippen LogP contribution < -0.4 is 5.73 Å². The summed E-state index contributed by atoms with van der Waals surface area (Å²) >= 11 is 0. The van der Waals surface area contributed by atoms with E-state index in [1.54, 1.807) is 0 Å². The average molecular weight is 268 g/mol. The van der Waals surface area contributed by atoms with Gasteiger partial charge in [0, 0.05) is 24.7 Å². The molecule has 104 valence electrons. The first-order chi connectivity index (χ1) is 9.72. The minimum atomic E-state index is 0.229. The number of allylic oxidation sites excluding steroid dienone is 2. The summed E-state index contributed by atoms with van der Waals surface area (Å²) in [5, 5.41) is 0. The van der Waals surface area contributed by atoms with Crippen molar-refractivity contribution in [2.24, 2.45) is 17.8 Å². The monoisotopic (exact) mass is 268 g/mol. The third-order valence-corrected chi connectivity index (χ3v) is 5.21. The number of hydrogen-bond acceptors (Lipinski definition) is 2. The molecule has 3 atom stereocenters. The van der Waals surface area contributed by atoms with Crippen molar-refractivity contribution in [1.82, 2.24) is 4.90 Å². The van der Waals surface area contributed by atoms with E-state index in [0.717, 1.165) is 31.6 Å². The molecule has 0 spiro atoms. The molecule has 3 unspecified atom stereocenters. The van der Waals surface area contributed by atoms with Gasteiger partial charge in [0.05, 0.1) is 0 Å². The van der Waals surface area contributed by atoms with E-state index in [1.165, 1.54) is 17.5 Å². The van der Waals surface area contributed by atoms with E-state index in [9.17, 15) is 4.79 Å². The summed E-state index contributed by atoms with van der Waals surface area (Å²) in [6, 6.07) is 6.05. The summed E-state index contributed by atoms with van der Waals surface area (Å²) in [4.78, 5) is 14.8. The summed E-state index contributed by atoms with van der Waals surface area (Å²) in [5.74, 6) is 1.74. The minimum Gasteiger partial charge on any atom is -0.398 e. The number of fused-ring (bicyclic) bond motifs is 3. The highest BCUT2D eigenvalue weighted by atomic mass is 16.2. The molecule has 2 aliphatic carbocycles. The number of hydrogen-bond donors (Lipinski definition) is 1. The lowest BCUT2D eigenvalue weighted by Gasteiger charge is -2.33. The number of rotatable bonds is 1. The van der Waals surface area contributed by atoms with E-state index in [4.69, 9.17) is 5.73 Å². The van der Waals surface area contributed by atoms with Crippen LogP contribution in [0.1, 0.15) is 24.0 Å². The first-order valence-corrected chi connectivity index (χ1v) is 7.55. The van der Waals surface area contributed by atoms with Gasteiger partial charge in [0.25, 0.3) is 0 Å². The number of nitrogens with two attached hydrogens (primary N) is 1. The molecule has 1 heterocycles. The SMILES string of the molecule is Nc1cccc2c1CCN(C(=O)C1CC3C=CC1C3)C2. The molecule has 1 saturated carbocycles. The predicted molar refractivity (Wildman–Crippen MR) is 78.8 cm³/mol. The largest absolute Gasteiger partial charge is 0.398 e. The Kier molecular flexibility index (Phi) is 2.62. The Labute approximate surface area is 119 Å². The Morgan fingerprint density at radius 1 is 1.25 bits per heavy atom. The van der Waals surface area contributed by atoms with Gasteiger partial charge in [0.1, 0.15) is 0 Å². The van der Waals surface area contributed by atoms with E-state index in [0.29, 0.717) is 17.7 Å².